The van der Waals surface area contributed by atoms with Gasteiger partial charge < -0.3 is 14.8 Å². The summed E-state index contributed by atoms with van der Waals surface area (Å²) >= 11 is 5.03. The highest BCUT2D eigenvalue weighted by Crippen LogP contribution is 2.30. The van der Waals surface area contributed by atoms with Crippen molar-refractivity contribution >= 4 is 28.9 Å². The second-order valence-corrected chi connectivity index (χ2v) is 5.94. The molecule has 0 aliphatic carbocycles. The number of carbonyl (C=O) groups excluding carboxylic acids is 1. The van der Waals surface area contributed by atoms with Crippen molar-refractivity contribution in [1.82, 2.24) is 5.32 Å². The lowest BCUT2D eigenvalue weighted by Crippen LogP contribution is -2.34. The predicted octanol–water partition coefficient (Wildman–Crippen LogP) is 4.25. The Morgan fingerprint density at radius 3 is 2.57 bits per heavy atom. The molecule has 1 amide bonds. The molecule has 0 saturated carbocycles. The average molecular weight is 412 g/mol. The van der Waals surface area contributed by atoms with Gasteiger partial charge >= 0.3 is 6.18 Å². The van der Waals surface area contributed by atoms with E-state index >= 15 is 0 Å². The molecule has 150 valence electrons. The second kappa shape index (κ2) is 10.0. The monoisotopic (exact) mass is 412 g/mol. The van der Waals surface area contributed by atoms with E-state index in [4.69, 9.17) is 21.7 Å². The third-order valence-corrected chi connectivity index (χ3v) is 3.70. The number of halogens is 3. The van der Waals surface area contributed by atoms with E-state index in [9.17, 15) is 18.0 Å². The van der Waals surface area contributed by atoms with Gasteiger partial charge in [-0.15, -0.1) is 0 Å². The summed E-state index contributed by atoms with van der Waals surface area (Å²) in [6.07, 6.45) is -4.47. The lowest BCUT2D eigenvalue weighted by Gasteiger charge is -2.14. The summed E-state index contributed by atoms with van der Waals surface area (Å²) in [5, 5.41) is 4.88. The molecule has 5 nitrogen and oxygen atoms in total. The minimum atomic E-state index is -4.47. The standard InChI is InChI=1S/C19H19F3N2O3S/c1-2-26-10-11-27-16-9-4-3-8-15(16)17(25)24-18(28)23-14-7-5-6-13(12-14)19(20,21)22/h3-9,12H,2,10-11H2,1H3,(H2,23,24,25,28). The van der Waals surface area contributed by atoms with Gasteiger partial charge in [-0.25, -0.2) is 0 Å². The summed E-state index contributed by atoms with van der Waals surface area (Å²) in [6.45, 7) is 3.06. The molecule has 0 heterocycles. The number of benzene rings is 2. The summed E-state index contributed by atoms with van der Waals surface area (Å²) in [4.78, 5) is 12.5. The van der Waals surface area contributed by atoms with Crippen LogP contribution >= 0.6 is 12.2 Å². The number of nitrogens with one attached hydrogen (secondary N) is 2. The van der Waals surface area contributed by atoms with Gasteiger partial charge in [0.25, 0.3) is 5.91 Å². The van der Waals surface area contributed by atoms with Gasteiger partial charge in [-0.1, -0.05) is 18.2 Å². The van der Waals surface area contributed by atoms with Crippen molar-refractivity contribution in [2.75, 3.05) is 25.1 Å². The zero-order valence-electron chi connectivity index (χ0n) is 15.0. The number of hydrogen-bond donors (Lipinski definition) is 2. The quantitative estimate of drug-likeness (QED) is 0.526. The van der Waals surface area contributed by atoms with Crippen molar-refractivity contribution in [3.63, 3.8) is 0 Å². The number of hydrogen-bond acceptors (Lipinski definition) is 4. The summed E-state index contributed by atoms with van der Waals surface area (Å²) in [6, 6.07) is 11.1. The summed E-state index contributed by atoms with van der Waals surface area (Å²) < 4.78 is 49.1. The molecule has 9 heteroatoms. The van der Waals surface area contributed by atoms with Crippen molar-refractivity contribution in [3.8, 4) is 5.75 Å². The zero-order valence-corrected chi connectivity index (χ0v) is 15.8. The molecule has 2 N–H and O–H groups in total. The summed E-state index contributed by atoms with van der Waals surface area (Å²) in [5.41, 5.74) is -0.465. The number of para-hydroxylation sites is 1. The molecule has 0 saturated heterocycles. The minimum Gasteiger partial charge on any atom is -0.490 e. The molecule has 0 aliphatic rings. The first-order chi connectivity index (χ1) is 13.3. The molecule has 0 atom stereocenters. The number of ether oxygens (including phenoxy) is 2. The van der Waals surface area contributed by atoms with Gasteiger partial charge in [-0.2, -0.15) is 13.2 Å². The number of alkyl halides is 3. The SMILES string of the molecule is CCOCCOc1ccccc1C(=O)NC(=S)Nc1cccc(C(F)(F)F)c1. The lowest BCUT2D eigenvalue weighted by atomic mass is 10.2. The fourth-order valence-electron chi connectivity index (χ4n) is 2.24. The van der Waals surface area contributed by atoms with Crippen molar-refractivity contribution in [2.24, 2.45) is 0 Å². The number of anilines is 1. The molecule has 0 aliphatic heterocycles. The van der Waals surface area contributed by atoms with Crippen LogP contribution < -0.4 is 15.4 Å². The van der Waals surface area contributed by atoms with Crippen molar-refractivity contribution in [3.05, 3.63) is 59.7 Å². The highest BCUT2D eigenvalue weighted by molar-refractivity contribution is 7.80. The first kappa shape index (κ1) is 21.6. The average Bonchev–Trinajstić information content (AvgIpc) is 2.65. The maximum Gasteiger partial charge on any atom is 0.416 e. The number of thiocarbonyl (C=S) groups is 1. The van der Waals surface area contributed by atoms with E-state index in [-0.39, 0.29) is 23.0 Å². The molecule has 0 unspecified atom stereocenters. The van der Waals surface area contributed by atoms with Crippen molar-refractivity contribution in [1.29, 1.82) is 0 Å². The zero-order chi connectivity index (χ0) is 20.6. The van der Waals surface area contributed by atoms with Gasteiger partial charge in [0.1, 0.15) is 12.4 Å². The Morgan fingerprint density at radius 1 is 1.11 bits per heavy atom. The van der Waals surface area contributed by atoms with Gasteiger partial charge in [-0.3, -0.25) is 10.1 Å². The maximum atomic E-state index is 12.8. The Bertz CT molecular complexity index is 828. The van der Waals surface area contributed by atoms with E-state index in [2.05, 4.69) is 10.6 Å². The smallest absolute Gasteiger partial charge is 0.416 e. The maximum absolute atomic E-state index is 12.8. The largest absolute Gasteiger partial charge is 0.490 e. The van der Waals surface area contributed by atoms with E-state index < -0.39 is 17.6 Å². The van der Waals surface area contributed by atoms with Crippen LogP contribution in [-0.2, 0) is 10.9 Å². The van der Waals surface area contributed by atoms with Gasteiger partial charge in [-0.05, 0) is 49.5 Å². The third-order valence-electron chi connectivity index (χ3n) is 3.50. The summed E-state index contributed by atoms with van der Waals surface area (Å²) in [7, 11) is 0. The van der Waals surface area contributed by atoms with E-state index in [0.717, 1.165) is 12.1 Å². The fourth-order valence-corrected chi connectivity index (χ4v) is 2.45. The van der Waals surface area contributed by atoms with Crippen LogP contribution in [0.15, 0.2) is 48.5 Å². The minimum absolute atomic E-state index is 0.112. The van der Waals surface area contributed by atoms with Crippen LogP contribution in [0.5, 0.6) is 5.75 Å². The van der Waals surface area contributed by atoms with Gasteiger partial charge in [0.05, 0.1) is 17.7 Å². The van der Waals surface area contributed by atoms with Crippen molar-refractivity contribution in [2.45, 2.75) is 13.1 Å². The molecular weight excluding hydrogens is 393 g/mol. The van der Waals surface area contributed by atoms with Crippen LogP contribution in [0.3, 0.4) is 0 Å². The molecule has 0 fully saturated rings. The number of rotatable bonds is 7. The summed E-state index contributed by atoms with van der Waals surface area (Å²) in [5.74, 6) is -0.196. The number of carbonyl (C=O) groups is 1. The Hall–Kier alpha value is -2.65. The molecule has 0 radical (unpaired) electrons. The normalized spacial score (nSPS) is 11.0. The molecule has 2 aromatic rings. The van der Waals surface area contributed by atoms with Crippen LogP contribution in [0.2, 0.25) is 0 Å². The molecular formula is C19H19F3N2O3S. The number of amides is 1. The van der Waals surface area contributed by atoms with Gasteiger partial charge in [0.2, 0.25) is 0 Å². The predicted molar refractivity (Wildman–Crippen MR) is 104 cm³/mol. The Balaban J connectivity index is 2.00. The van der Waals surface area contributed by atoms with E-state index in [1.165, 1.54) is 12.1 Å². The second-order valence-electron chi connectivity index (χ2n) is 5.53. The molecule has 0 spiro atoms. The molecule has 0 aromatic heterocycles. The topological polar surface area (TPSA) is 59.6 Å². The molecule has 2 aromatic carbocycles. The van der Waals surface area contributed by atoms with Gasteiger partial charge in [0.15, 0.2) is 5.11 Å². The first-order valence-electron chi connectivity index (χ1n) is 8.40. The van der Waals surface area contributed by atoms with Crippen LogP contribution in [-0.4, -0.2) is 30.8 Å². The Labute approximate surface area is 165 Å². The van der Waals surface area contributed by atoms with Crippen LogP contribution in [0.4, 0.5) is 18.9 Å². The lowest BCUT2D eigenvalue weighted by molar-refractivity contribution is -0.137. The fraction of sp³-hybridized carbons (Fsp3) is 0.263. The van der Waals surface area contributed by atoms with E-state index in [0.29, 0.717) is 19.0 Å². The third kappa shape index (κ3) is 6.50. The first-order valence-corrected chi connectivity index (χ1v) is 8.81. The molecule has 0 bridgehead atoms. The van der Waals surface area contributed by atoms with E-state index in [1.54, 1.807) is 24.3 Å². The Morgan fingerprint density at radius 2 is 1.86 bits per heavy atom. The van der Waals surface area contributed by atoms with Crippen LogP contribution in [0, 0.1) is 0 Å². The molecule has 28 heavy (non-hydrogen) atoms. The van der Waals surface area contributed by atoms with Crippen molar-refractivity contribution < 1.29 is 27.4 Å². The highest BCUT2D eigenvalue weighted by atomic mass is 32.1. The highest BCUT2D eigenvalue weighted by Gasteiger charge is 2.30. The Kier molecular flexibility index (Phi) is 7.77. The van der Waals surface area contributed by atoms with Gasteiger partial charge in [0, 0.05) is 12.3 Å². The molecule has 2 rings (SSSR count). The van der Waals surface area contributed by atoms with E-state index in [1.807, 2.05) is 6.92 Å². The van der Waals surface area contributed by atoms with Crippen LogP contribution in [0.1, 0.15) is 22.8 Å². The van der Waals surface area contributed by atoms with Crippen LogP contribution in [0.25, 0.3) is 0 Å².